The average Bonchev–Trinajstić information content (AvgIpc) is 2.35. The summed E-state index contributed by atoms with van der Waals surface area (Å²) < 4.78 is 0. The normalized spacial score (nSPS) is 11.4. The van der Waals surface area contributed by atoms with Crippen LogP contribution in [0.5, 0.6) is 0 Å². The van der Waals surface area contributed by atoms with Gasteiger partial charge in [0.25, 0.3) is 5.91 Å². The molecule has 1 aromatic carbocycles. The summed E-state index contributed by atoms with van der Waals surface area (Å²) in [6.07, 6.45) is 1.16. The monoisotopic (exact) mass is 289 g/mol. The van der Waals surface area contributed by atoms with Crippen molar-refractivity contribution in [1.29, 1.82) is 0 Å². The molecule has 0 heterocycles. The van der Waals surface area contributed by atoms with Crippen molar-refractivity contribution in [2.75, 3.05) is 6.54 Å². The van der Waals surface area contributed by atoms with E-state index in [1.807, 2.05) is 13.8 Å². The van der Waals surface area contributed by atoms with Crippen molar-refractivity contribution in [3.63, 3.8) is 0 Å². The molecule has 1 rings (SSSR count). The lowest BCUT2D eigenvalue weighted by molar-refractivity contribution is 0.0314. The third kappa shape index (κ3) is 3.87. The van der Waals surface area contributed by atoms with Gasteiger partial charge in [0.15, 0.2) is 0 Å². The molecule has 0 bridgehead atoms. The van der Waals surface area contributed by atoms with E-state index in [1.54, 1.807) is 12.1 Å². The summed E-state index contributed by atoms with van der Waals surface area (Å²) in [6, 6.07) is 4.69. The van der Waals surface area contributed by atoms with Crippen LogP contribution in [0.1, 0.15) is 37.0 Å². The van der Waals surface area contributed by atoms with Crippen LogP contribution >= 0.6 is 23.2 Å². The largest absolute Gasteiger partial charge is 0.388 e. The first-order valence-corrected chi connectivity index (χ1v) is 6.63. The van der Waals surface area contributed by atoms with Crippen molar-refractivity contribution in [3.05, 3.63) is 33.8 Å². The number of nitrogens with one attached hydrogen (secondary N) is 1. The minimum atomic E-state index is -0.867. The summed E-state index contributed by atoms with van der Waals surface area (Å²) in [4.78, 5) is 11.9. The van der Waals surface area contributed by atoms with Crippen LogP contribution in [0.3, 0.4) is 0 Å². The van der Waals surface area contributed by atoms with Crippen molar-refractivity contribution in [1.82, 2.24) is 5.32 Å². The zero-order valence-electron chi connectivity index (χ0n) is 10.5. The molecule has 0 spiro atoms. The van der Waals surface area contributed by atoms with Crippen molar-refractivity contribution in [2.24, 2.45) is 0 Å². The van der Waals surface area contributed by atoms with Gasteiger partial charge in [0.2, 0.25) is 0 Å². The van der Waals surface area contributed by atoms with Crippen LogP contribution in [0.15, 0.2) is 18.2 Å². The summed E-state index contributed by atoms with van der Waals surface area (Å²) in [6.45, 7) is 3.97. The molecule has 100 valence electrons. The number of aliphatic hydroxyl groups is 1. The predicted octanol–water partition coefficient (Wildman–Crippen LogP) is 3.27. The highest BCUT2D eigenvalue weighted by molar-refractivity contribution is 6.36. The maximum Gasteiger partial charge on any atom is 0.252 e. The second kappa shape index (κ2) is 6.41. The number of hydrogen-bond donors (Lipinski definition) is 2. The highest BCUT2D eigenvalue weighted by atomic mass is 35.5. The molecule has 0 atom stereocenters. The van der Waals surface area contributed by atoms with Crippen LogP contribution in [-0.4, -0.2) is 23.2 Å². The summed E-state index contributed by atoms with van der Waals surface area (Å²) in [5.74, 6) is -0.308. The minimum Gasteiger partial charge on any atom is -0.388 e. The topological polar surface area (TPSA) is 49.3 Å². The Bertz CT molecular complexity index is 431. The fraction of sp³-hybridized carbons (Fsp3) is 0.462. The molecule has 1 aromatic rings. The molecule has 0 aliphatic carbocycles. The molecule has 0 aliphatic heterocycles. The zero-order chi connectivity index (χ0) is 13.8. The highest BCUT2D eigenvalue weighted by Crippen LogP contribution is 2.21. The van der Waals surface area contributed by atoms with Crippen LogP contribution in [0.25, 0.3) is 0 Å². The Morgan fingerprint density at radius 1 is 1.33 bits per heavy atom. The van der Waals surface area contributed by atoms with Gasteiger partial charge in [-0.25, -0.2) is 0 Å². The maximum absolute atomic E-state index is 11.9. The molecule has 0 saturated carbocycles. The molecule has 5 heteroatoms. The third-order valence-corrected chi connectivity index (χ3v) is 3.62. The molecule has 0 radical (unpaired) electrons. The van der Waals surface area contributed by atoms with Crippen molar-refractivity contribution in [3.8, 4) is 0 Å². The van der Waals surface area contributed by atoms with Gasteiger partial charge in [-0.15, -0.1) is 0 Å². The fourth-order valence-corrected chi connectivity index (χ4v) is 2.01. The van der Waals surface area contributed by atoms with Crippen molar-refractivity contribution in [2.45, 2.75) is 32.3 Å². The van der Waals surface area contributed by atoms with Gasteiger partial charge in [-0.1, -0.05) is 37.0 Å². The Kier molecular flexibility index (Phi) is 5.45. The SMILES string of the molecule is CCC(O)(CC)CNC(=O)c1ccc(Cl)cc1Cl. The molecule has 0 aliphatic rings. The molecule has 0 fully saturated rings. The van der Waals surface area contributed by atoms with E-state index in [-0.39, 0.29) is 12.5 Å². The molecule has 18 heavy (non-hydrogen) atoms. The van der Waals surface area contributed by atoms with Gasteiger partial charge in [0, 0.05) is 11.6 Å². The number of carbonyl (C=O) groups excluding carboxylic acids is 1. The van der Waals surface area contributed by atoms with Crippen LogP contribution in [0.2, 0.25) is 10.0 Å². The lowest BCUT2D eigenvalue weighted by atomic mass is 9.97. The number of amides is 1. The number of halogens is 2. The second-order valence-electron chi connectivity index (χ2n) is 4.24. The second-order valence-corrected chi connectivity index (χ2v) is 5.08. The molecule has 0 unspecified atom stereocenters. The Balaban J connectivity index is 2.71. The van der Waals surface area contributed by atoms with E-state index in [2.05, 4.69) is 5.32 Å². The molecule has 1 amide bonds. The molecular weight excluding hydrogens is 273 g/mol. The lowest BCUT2D eigenvalue weighted by Gasteiger charge is -2.25. The van der Waals surface area contributed by atoms with E-state index in [0.717, 1.165) is 0 Å². The van der Waals surface area contributed by atoms with Crippen LogP contribution in [0.4, 0.5) is 0 Å². The van der Waals surface area contributed by atoms with E-state index in [4.69, 9.17) is 23.2 Å². The van der Waals surface area contributed by atoms with E-state index in [9.17, 15) is 9.90 Å². The van der Waals surface area contributed by atoms with E-state index in [1.165, 1.54) is 6.07 Å². The van der Waals surface area contributed by atoms with Gasteiger partial charge < -0.3 is 10.4 Å². The minimum absolute atomic E-state index is 0.206. The van der Waals surface area contributed by atoms with Crippen LogP contribution in [0, 0.1) is 0 Å². The molecule has 2 N–H and O–H groups in total. The standard InChI is InChI=1S/C13H17Cl2NO2/c1-3-13(18,4-2)8-16-12(17)10-6-5-9(14)7-11(10)15/h5-7,18H,3-4,8H2,1-2H3,(H,16,17). The summed E-state index contributed by atoms with van der Waals surface area (Å²) in [5.41, 5.74) is -0.509. The lowest BCUT2D eigenvalue weighted by Crippen LogP contribution is -2.42. The first-order chi connectivity index (χ1) is 8.41. The van der Waals surface area contributed by atoms with E-state index >= 15 is 0 Å². The van der Waals surface area contributed by atoms with Crippen LogP contribution in [-0.2, 0) is 0 Å². The number of benzene rings is 1. The van der Waals surface area contributed by atoms with Gasteiger partial charge in [-0.3, -0.25) is 4.79 Å². The summed E-state index contributed by atoms with van der Waals surface area (Å²) in [7, 11) is 0. The van der Waals surface area contributed by atoms with Gasteiger partial charge >= 0.3 is 0 Å². The van der Waals surface area contributed by atoms with Gasteiger partial charge in [0.05, 0.1) is 16.2 Å². The Labute approximate surface area is 117 Å². The zero-order valence-corrected chi connectivity index (χ0v) is 12.0. The first-order valence-electron chi connectivity index (χ1n) is 5.87. The summed E-state index contributed by atoms with van der Waals surface area (Å²) >= 11 is 11.7. The van der Waals surface area contributed by atoms with Crippen LogP contribution < -0.4 is 5.32 Å². The maximum atomic E-state index is 11.9. The fourth-order valence-electron chi connectivity index (χ4n) is 1.51. The first kappa shape index (κ1) is 15.3. The van der Waals surface area contributed by atoms with E-state index in [0.29, 0.717) is 28.5 Å². The quantitative estimate of drug-likeness (QED) is 0.874. The molecule has 0 saturated heterocycles. The van der Waals surface area contributed by atoms with Crippen molar-refractivity contribution >= 4 is 29.1 Å². The highest BCUT2D eigenvalue weighted by Gasteiger charge is 2.23. The average molecular weight is 290 g/mol. The Hall–Kier alpha value is -0.770. The van der Waals surface area contributed by atoms with Gasteiger partial charge in [-0.05, 0) is 31.0 Å². The third-order valence-electron chi connectivity index (χ3n) is 3.07. The molecule has 0 aromatic heterocycles. The van der Waals surface area contributed by atoms with E-state index < -0.39 is 5.60 Å². The smallest absolute Gasteiger partial charge is 0.252 e. The van der Waals surface area contributed by atoms with Crippen molar-refractivity contribution < 1.29 is 9.90 Å². The van der Waals surface area contributed by atoms with Gasteiger partial charge in [0.1, 0.15) is 0 Å². The number of hydrogen-bond acceptors (Lipinski definition) is 2. The Morgan fingerprint density at radius 2 is 1.94 bits per heavy atom. The number of carbonyl (C=O) groups is 1. The predicted molar refractivity (Wildman–Crippen MR) is 74.3 cm³/mol. The molecular formula is C13H17Cl2NO2. The van der Waals surface area contributed by atoms with Gasteiger partial charge in [-0.2, -0.15) is 0 Å². The number of rotatable bonds is 5. The molecule has 3 nitrogen and oxygen atoms in total. The summed E-state index contributed by atoms with van der Waals surface area (Å²) in [5, 5.41) is 13.5. The Morgan fingerprint density at radius 3 is 2.44 bits per heavy atom.